The van der Waals surface area contributed by atoms with Crippen LogP contribution in [0.1, 0.15) is 56.0 Å². The molecule has 0 spiro atoms. The predicted octanol–water partition coefficient (Wildman–Crippen LogP) is 6.57. The number of hydrogen-bond donors (Lipinski definition) is 0. The molecule has 5 rings (SSSR count). The van der Waals surface area contributed by atoms with Crippen molar-refractivity contribution < 1.29 is 23.7 Å². The highest BCUT2D eigenvalue weighted by molar-refractivity contribution is 9.11. The molecule has 0 saturated carbocycles. The Hall–Kier alpha value is -4.18. The third kappa shape index (κ3) is 7.22. The highest BCUT2D eigenvalue weighted by Crippen LogP contribution is 2.37. The molecule has 9 nitrogen and oxygen atoms in total. The lowest BCUT2D eigenvalue weighted by Gasteiger charge is -2.25. The number of fused-ring (bicyclic) bond motifs is 1. The Morgan fingerprint density at radius 1 is 1.13 bits per heavy atom. The van der Waals surface area contributed by atoms with Gasteiger partial charge in [0, 0.05) is 5.56 Å². The molecular weight excluding hydrogens is 750 g/mol. The van der Waals surface area contributed by atoms with Crippen molar-refractivity contribution in [3.63, 3.8) is 0 Å². The Kier molecular flexibility index (Phi) is 10.7. The summed E-state index contributed by atoms with van der Waals surface area (Å²) in [7, 11) is 1.54. The van der Waals surface area contributed by atoms with Gasteiger partial charge in [-0.25, -0.2) is 9.79 Å². The lowest BCUT2D eigenvalue weighted by Crippen LogP contribution is -2.40. The number of allylic oxidation sites excluding steroid dienone is 1. The Bertz CT molecular complexity index is 2090. The molecule has 0 bridgehead atoms. The summed E-state index contributed by atoms with van der Waals surface area (Å²) in [5, 5.41) is 9.41. The molecule has 2 heterocycles. The smallest absolute Gasteiger partial charge is 0.338 e. The molecule has 0 N–H and O–H groups in total. The van der Waals surface area contributed by atoms with Crippen molar-refractivity contribution in [2.75, 3.05) is 13.7 Å². The molecule has 3 aromatic carbocycles. The minimum atomic E-state index is -0.806. The van der Waals surface area contributed by atoms with E-state index in [1.807, 2.05) is 50.2 Å². The van der Waals surface area contributed by atoms with E-state index in [0.717, 1.165) is 11.1 Å². The van der Waals surface area contributed by atoms with Crippen LogP contribution in [0, 0.1) is 11.3 Å². The van der Waals surface area contributed by atoms with Crippen LogP contribution >= 0.6 is 43.2 Å². The molecule has 12 heteroatoms. The van der Waals surface area contributed by atoms with Crippen molar-refractivity contribution in [3.8, 4) is 23.3 Å². The summed E-state index contributed by atoms with van der Waals surface area (Å²) in [5.74, 6) is 1.04. The van der Waals surface area contributed by atoms with E-state index in [-0.39, 0.29) is 30.5 Å². The first-order valence-corrected chi connectivity index (χ1v) is 17.1. The first kappa shape index (κ1) is 34.2. The number of nitrogens with zero attached hydrogens (tertiary/aromatic N) is 3. The van der Waals surface area contributed by atoms with E-state index in [1.165, 1.54) is 15.9 Å². The zero-order valence-corrected chi connectivity index (χ0v) is 30.3. The third-order valence-corrected chi connectivity index (χ3v) is 9.37. The van der Waals surface area contributed by atoms with E-state index in [4.69, 9.17) is 18.9 Å². The number of carbonyl (C=O) groups is 1. The molecule has 0 amide bonds. The van der Waals surface area contributed by atoms with Crippen LogP contribution < -0.4 is 29.1 Å². The molecule has 1 atom stereocenters. The summed E-state index contributed by atoms with van der Waals surface area (Å²) in [4.78, 5) is 32.6. The molecule has 1 aromatic heterocycles. The first-order chi connectivity index (χ1) is 22.6. The predicted molar refractivity (Wildman–Crippen MR) is 186 cm³/mol. The topological polar surface area (TPSA) is 112 Å². The maximum Gasteiger partial charge on any atom is 0.338 e. The Morgan fingerprint density at radius 2 is 1.85 bits per heavy atom. The second-order valence-corrected chi connectivity index (χ2v) is 13.5. The molecule has 0 saturated heterocycles. The number of rotatable bonds is 10. The molecule has 1 aliphatic rings. The van der Waals surface area contributed by atoms with Crippen LogP contribution in [0.4, 0.5) is 0 Å². The number of halogens is 2. The van der Waals surface area contributed by atoms with Crippen molar-refractivity contribution in [1.82, 2.24) is 4.57 Å². The van der Waals surface area contributed by atoms with E-state index >= 15 is 0 Å². The van der Waals surface area contributed by atoms with Gasteiger partial charge < -0.3 is 18.9 Å². The van der Waals surface area contributed by atoms with Crippen LogP contribution in [0.5, 0.6) is 17.2 Å². The number of methoxy groups -OCH3 is 1. The van der Waals surface area contributed by atoms with Crippen LogP contribution in [0.15, 0.2) is 84.6 Å². The first-order valence-electron chi connectivity index (χ1n) is 14.7. The fourth-order valence-corrected chi connectivity index (χ4v) is 7.67. The molecule has 0 radical (unpaired) electrons. The second kappa shape index (κ2) is 14.7. The van der Waals surface area contributed by atoms with Crippen LogP contribution in [0.25, 0.3) is 6.08 Å². The number of benzene rings is 3. The van der Waals surface area contributed by atoms with Gasteiger partial charge in [-0.15, -0.1) is 0 Å². The summed E-state index contributed by atoms with van der Waals surface area (Å²) in [5.41, 5.74) is 3.12. The van der Waals surface area contributed by atoms with Crippen molar-refractivity contribution in [2.45, 2.75) is 46.4 Å². The van der Waals surface area contributed by atoms with E-state index in [1.54, 1.807) is 45.2 Å². The molecule has 1 aliphatic heterocycles. The highest BCUT2D eigenvalue weighted by atomic mass is 79.9. The van der Waals surface area contributed by atoms with Crippen LogP contribution in [-0.2, 0) is 16.1 Å². The van der Waals surface area contributed by atoms with Gasteiger partial charge >= 0.3 is 5.97 Å². The molecule has 47 heavy (non-hydrogen) atoms. The number of aromatic nitrogens is 1. The minimum Gasteiger partial charge on any atom is -0.493 e. The van der Waals surface area contributed by atoms with Crippen molar-refractivity contribution in [1.29, 1.82) is 5.26 Å². The second-order valence-electron chi connectivity index (χ2n) is 10.8. The van der Waals surface area contributed by atoms with Gasteiger partial charge in [-0.1, -0.05) is 35.6 Å². The van der Waals surface area contributed by atoms with E-state index < -0.39 is 12.0 Å². The fraction of sp³-hybridized carbons (Fsp3) is 0.257. The average Bonchev–Trinajstić information content (AvgIpc) is 3.33. The van der Waals surface area contributed by atoms with Crippen molar-refractivity contribution >= 4 is 55.2 Å². The third-order valence-electron chi connectivity index (χ3n) is 7.21. The quantitative estimate of drug-likeness (QED) is 0.168. The van der Waals surface area contributed by atoms with E-state index in [2.05, 4.69) is 42.9 Å². The molecule has 242 valence electrons. The summed E-state index contributed by atoms with van der Waals surface area (Å²) in [6.07, 6.45) is 1.69. The largest absolute Gasteiger partial charge is 0.493 e. The monoisotopic (exact) mass is 779 g/mol. The van der Waals surface area contributed by atoms with Gasteiger partial charge in [0.2, 0.25) is 0 Å². The van der Waals surface area contributed by atoms with Gasteiger partial charge in [0.05, 0.1) is 62.2 Å². The van der Waals surface area contributed by atoms with Crippen LogP contribution in [0.2, 0.25) is 0 Å². The lowest BCUT2D eigenvalue weighted by atomic mass is 9.95. The van der Waals surface area contributed by atoms with Gasteiger partial charge in [-0.05, 0) is 107 Å². The summed E-state index contributed by atoms with van der Waals surface area (Å²) in [6, 6.07) is 17.7. The molecule has 0 unspecified atom stereocenters. The zero-order chi connectivity index (χ0) is 33.8. The summed E-state index contributed by atoms with van der Waals surface area (Å²) >= 11 is 8.42. The Balaban J connectivity index is 1.58. The Labute approximate surface area is 292 Å². The number of carbonyl (C=O) groups excluding carboxylic acids is 1. The number of ether oxygens (including phenoxy) is 4. The lowest BCUT2D eigenvalue weighted by molar-refractivity contribution is -0.139. The molecule has 0 fully saturated rings. The van der Waals surface area contributed by atoms with Crippen molar-refractivity contribution in [3.05, 3.63) is 117 Å². The molecular formula is C35H31Br2N3O6S. The van der Waals surface area contributed by atoms with Crippen LogP contribution in [-0.4, -0.2) is 30.4 Å². The minimum absolute atomic E-state index is 0.0781. The maximum atomic E-state index is 14.1. The van der Waals surface area contributed by atoms with Gasteiger partial charge in [0.25, 0.3) is 5.56 Å². The van der Waals surface area contributed by atoms with Gasteiger partial charge in [-0.2, -0.15) is 5.26 Å². The number of thiazole rings is 1. The number of nitriles is 1. The van der Waals surface area contributed by atoms with Gasteiger partial charge in [-0.3, -0.25) is 9.36 Å². The normalized spacial score (nSPS) is 14.4. The molecule has 4 aromatic rings. The van der Waals surface area contributed by atoms with E-state index in [9.17, 15) is 14.9 Å². The molecule has 0 aliphatic carbocycles. The summed E-state index contributed by atoms with van der Waals surface area (Å²) in [6.45, 7) is 7.69. The van der Waals surface area contributed by atoms with Crippen molar-refractivity contribution in [2.24, 2.45) is 4.99 Å². The summed E-state index contributed by atoms with van der Waals surface area (Å²) < 4.78 is 26.3. The maximum absolute atomic E-state index is 14.1. The number of esters is 1. The average molecular weight is 782 g/mol. The van der Waals surface area contributed by atoms with Gasteiger partial charge in [0.1, 0.15) is 12.4 Å². The van der Waals surface area contributed by atoms with Gasteiger partial charge in [0.15, 0.2) is 16.3 Å². The standard InChI is InChI=1S/C35H31Br2N3O6S/c1-6-44-34(42)30-20(4)39-35-40(31(30)22-11-12-27(46-19(2)3)28(16-22)43-5)33(41)29(47-35)15-21-13-25(36)32(26(37)14-21)45-18-24-10-8-7-9-23(24)17-38/h7-16,19,31H,6,18H2,1-5H3/b29-15-/t31-/m1/s1. The van der Waals surface area contributed by atoms with Crippen LogP contribution in [0.3, 0.4) is 0 Å². The van der Waals surface area contributed by atoms with E-state index in [0.29, 0.717) is 52.4 Å². The number of hydrogen-bond acceptors (Lipinski definition) is 9. The fourth-order valence-electron chi connectivity index (χ4n) is 5.17. The highest BCUT2D eigenvalue weighted by Gasteiger charge is 2.34. The Morgan fingerprint density at radius 3 is 2.51 bits per heavy atom. The SMILES string of the molecule is CCOC(=O)C1=C(C)N=c2s/c(=C\c3cc(Br)c(OCc4ccccc4C#N)c(Br)c3)c(=O)n2[C@@H]1c1ccc(OC(C)C)c(OC)c1. The zero-order valence-electron chi connectivity index (χ0n) is 26.3.